The molecule has 2 aliphatic rings. The van der Waals surface area contributed by atoms with Crippen LogP contribution in [0.2, 0.25) is 0 Å². The second-order valence-electron chi connectivity index (χ2n) is 5.45. The fourth-order valence-electron chi connectivity index (χ4n) is 2.04. The molecule has 0 unspecified atom stereocenters. The van der Waals surface area contributed by atoms with Gasteiger partial charge in [-0.15, -0.1) is 0 Å². The van der Waals surface area contributed by atoms with Crippen molar-refractivity contribution in [3.8, 4) is 6.07 Å². The summed E-state index contributed by atoms with van der Waals surface area (Å²) in [7, 11) is -3.32. The summed E-state index contributed by atoms with van der Waals surface area (Å²) in [6.45, 7) is 5.83. The number of rotatable bonds is 4. The lowest BCUT2D eigenvalue weighted by molar-refractivity contribution is 0.115. The van der Waals surface area contributed by atoms with Gasteiger partial charge in [-0.2, -0.15) is 22.7 Å². The molecule has 1 N–H and O–H groups in total. The molecule has 6 nitrogen and oxygen atoms in total. The molecule has 1 saturated carbocycles. The van der Waals surface area contributed by atoms with Crippen LogP contribution < -0.4 is 4.72 Å². The minimum absolute atomic E-state index is 0.142. The maximum absolute atomic E-state index is 12.0. The molecule has 0 spiro atoms. The van der Waals surface area contributed by atoms with Crippen LogP contribution in [0.25, 0.3) is 0 Å². The van der Waals surface area contributed by atoms with E-state index in [9.17, 15) is 8.42 Å². The van der Waals surface area contributed by atoms with Gasteiger partial charge < -0.3 is 0 Å². The predicted molar refractivity (Wildman–Crippen MR) is 67.9 cm³/mol. The fourth-order valence-corrected chi connectivity index (χ4v) is 3.49. The third-order valence-electron chi connectivity index (χ3n) is 3.54. The lowest BCUT2D eigenvalue weighted by Crippen LogP contribution is -2.57. The van der Waals surface area contributed by atoms with Crippen molar-refractivity contribution in [3.05, 3.63) is 0 Å². The van der Waals surface area contributed by atoms with E-state index in [0.29, 0.717) is 26.2 Å². The van der Waals surface area contributed by atoms with E-state index in [1.54, 1.807) is 0 Å². The van der Waals surface area contributed by atoms with Crippen LogP contribution in [-0.4, -0.2) is 55.4 Å². The van der Waals surface area contributed by atoms with Crippen molar-refractivity contribution in [2.75, 3.05) is 26.2 Å². The van der Waals surface area contributed by atoms with E-state index in [-0.39, 0.29) is 6.04 Å². The normalized spacial score (nSPS) is 23.8. The van der Waals surface area contributed by atoms with Gasteiger partial charge in [-0.05, 0) is 26.7 Å². The first-order chi connectivity index (χ1) is 8.35. The lowest BCUT2D eigenvalue weighted by Gasteiger charge is -2.39. The van der Waals surface area contributed by atoms with Gasteiger partial charge in [0.1, 0.15) is 5.54 Å². The van der Waals surface area contributed by atoms with Crippen LogP contribution in [0, 0.1) is 11.3 Å². The summed E-state index contributed by atoms with van der Waals surface area (Å²) in [4.78, 5) is 2.02. The van der Waals surface area contributed by atoms with Crippen LogP contribution in [-0.2, 0) is 10.2 Å². The first-order valence-corrected chi connectivity index (χ1v) is 7.73. The molecule has 2 fully saturated rings. The molecule has 2 rings (SSSR count). The molecule has 7 heteroatoms. The molecular weight excluding hydrogens is 252 g/mol. The van der Waals surface area contributed by atoms with Crippen LogP contribution in [0.3, 0.4) is 0 Å². The first-order valence-electron chi connectivity index (χ1n) is 6.29. The Morgan fingerprint density at radius 2 is 1.78 bits per heavy atom. The molecule has 0 aromatic rings. The number of hydrogen-bond donors (Lipinski definition) is 1. The maximum Gasteiger partial charge on any atom is 0.279 e. The van der Waals surface area contributed by atoms with E-state index in [1.807, 2.05) is 18.7 Å². The van der Waals surface area contributed by atoms with E-state index in [0.717, 1.165) is 12.8 Å². The number of piperazine rings is 1. The highest BCUT2D eigenvalue weighted by Crippen LogP contribution is 2.22. The third-order valence-corrected chi connectivity index (χ3v) is 5.21. The smallest absolute Gasteiger partial charge is 0.279 e. The molecule has 1 aliphatic carbocycles. The van der Waals surface area contributed by atoms with Crippen molar-refractivity contribution in [1.29, 1.82) is 5.26 Å². The molecule has 0 amide bonds. The lowest BCUT2D eigenvalue weighted by atomic mass is 10.0. The van der Waals surface area contributed by atoms with Crippen LogP contribution in [0.15, 0.2) is 0 Å². The van der Waals surface area contributed by atoms with Gasteiger partial charge in [-0.25, -0.2) is 0 Å². The molecule has 0 aromatic heterocycles. The second-order valence-corrected chi connectivity index (χ2v) is 7.16. The van der Waals surface area contributed by atoms with E-state index < -0.39 is 15.7 Å². The average Bonchev–Trinajstić information content (AvgIpc) is 3.12. The molecule has 1 aliphatic heterocycles. The molecule has 1 saturated heterocycles. The Balaban J connectivity index is 1.92. The van der Waals surface area contributed by atoms with Crippen LogP contribution in [0.4, 0.5) is 0 Å². The summed E-state index contributed by atoms with van der Waals surface area (Å²) in [5, 5.41) is 9.06. The zero-order chi connectivity index (χ0) is 13.4. The minimum Gasteiger partial charge on any atom is -0.283 e. The average molecular weight is 272 g/mol. The van der Waals surface area contributed by atoms with Crippen molar-refractivity contribution in [2.45, 2.75) is 38.3 Å². The summed E-state index contributed by atoms with van der Waals surface area (Å²) < 4.78 is 28.1. The van der Waals surface area contributed by atoms with Crippen LogP contribution in [0.5, 0.6) is 0 Å². The van der Waals surface area contributed by atoms with Gasteiger partial charge in [0.05, 0.1) is 6.07 Å². The quantitative estimate of drug-likeness (QED) is 0.775. The van der Waals surface area contributed by atoms with E-state index in [1.165, 1.54) is 4.31 Å². The summed E-state index contributed by atoms with van der Waals surface area (Å²) in [5.41, 5.74) is -0.528. The largest absolute Gasteiger partial charge is 0.283 e. The SMILES string of the molecule is CC(C)(C#N)N1CCN(S(=O)(=O)NC2CC2)CC1. The van der Waals surface area contributed by atoms with Gasteiger partial charge in [0.25, 0.3) is 10.2 Å². The molecule has 1 heterocycles. The summed E-state index contributed by atoms with van der Waals surface area (Å²) in [6, 6.07) is 2.39. The van der Waals surface area contributed by atoms with Gasteiger partial charge in [-0.1, -0.05) is 0 Å². The van der Waals surface area contributed by atoms with E-state index >= 15 is 0 Å². The molecule has 0 bridgehead atoms. The van der Waals surface area contributed by atoms with E-state index in [4.69, 9.17) is 5.26 Å². The Morgan fingerprint density at radius 3 is 2.22 bits per heavy atom. The van der Waals surface area contributed by atoms with Crippen molar-refractivity contribution >= 4 is 10.2 Å². The number of nitrogens with one attached hydrogen (secondary N) is 1. The zero-order valence-corrected chi connectivity index (χ0v) is 11.7. The Bertz CT molecular complexity index is 442. The van der Waals surface area contributed by atoms with Crippen LogP contribution >= 0.6 is 0 Å². The number of nitriles is 1. The van der Waals surface area contributed by atoms with Crippen molar-refractivity contribution in [2.24, 2.45) is 0 Å². The standard InChI is InChI=1S/C11H20N4O2S/c1-11(2,9-12)14-5-7-15(8-6-14)18(16,17)13-10-3-4-10/h10,13H,3-8H2,1-2H3. The highest BCUT2D eigenvalue weighted by molar-refractivity contribution is 7.87. The predicted octanol–water partition coefficient (Wildman–Crippen LogP) is -0.0970. The van der Waals surface area contributed by atoms with Crippen molar-refractivity contribution in [1.82, 2.24) is 13.9 Å². The van der Waals surface area contributed by atoms with Crippen molar-refractivity contribution < 1.29 is 8.42 Å². The second kappa shape index (κ2) is 4.78. The number of hydrogen-bond acceptors (Lipinski definition) is 4. The highest BCUT2D eigenvalue weighted by atomic mass is 32.2. The molecule has 0 atom stereocenters. The summed E-state index contributed by atoms with van der Waals surface area (Å²) in [5.74, 6) is 0. The topological polar surface area (TPSA) is 76.4 Å². The van der Waals surface area contributed by atoms with Crippen molar-refractivity contribution in [3.63, 3.8) is 0 Å². The maximum atomic E-state index is 12.0. The Hall–Kier alpha value is -0.680. The van der Waals surface area contributed by atoms with Gasteiger partial charge in [0.15, 0.2) is 0 Å². The molecule has 0 aromatic carbocycles. The first kappa shape index (κ1) is 13.7. The van der Waals surface area contributed by atoms with Gasteiger partial charge in [-0.3, -0.25) is 4.90 Å². The third kappa shape index (κ3) is 3.01. The molecule has 0 radical (unpaired) electrons. The number of nitrogens with zero attached hydrogens (tertiary/aromatic N) is 3. The van der Waals surface area contributed by atoms with Gasteiger partial charge >= 0.3 is 0 Å². The Morgan fingerprint density at radius 1 is 1.22 bits per heavy atom. The molecule has 102 valence electrons. The van der Waals surface area contributed by atoms with Gasteiger partial charge in [0, 0.05) is 32.2 Å². The highest BCUT2D eigenvalue weighted by Gasteiger charge is 2.36. The molecular formula is C11H20N4O2S. The molecule has 18 heavy (non-hydrogen) atoms. The summed E-state index contributed by atoms with van der Waals surface area (Å²) >= 11 is 0. The summed E-state index contributed by atoms with van der Waals surface area (Å²) in [6.07, 6.45) is 1.89. The van der Waals surface area contributed by atoms with E-state index in [2.05, 4.69) is 10.8 Å². The Labute approximate surface area is 109 Å². The van der Waals surface area contributed by atoms with Crippen LogP contribution in [0.1, 0.15) is 26.7 Å². The minimum atomic E-state index is -3.32. The Kier molecular flexibility index (Phi) is 3.65. The zero-order valence-electron chi connectivity index (χ0n) is 10.9. The monoisotopic (exact) mass is 272 g/mol. The fraction of sp³-hybridized carbons (Fsp3) is 0.909. The van der Waals surface area contributed by atoms with Gasteiger partial charge in [0.2, 0.25) is 0 Å².